The van der Waals surface area contributed by atoms with Crippen LogP contribution in [0.25, 0.3) is 0 Å². The van der Waals surface area contributed by atoms with E-state index in [9.17, 15) is 4.79 Å². The zero-order valence-electron chi connectivity index (χ0n) is 15.6. The lowest BCUT2D eigenvalue weighted by molar-refractivity contribution is -0.124. The second-order valence-corrected chi connectivity index (χ2v) is 6.55. The predicted molar refractivity (Wildman–Crippen MR) is 96.9 cm³/mol. The van der Waals surface area contributed by atoms with Gasteiger partial charge in [-0.3, -0.25) is 4.79 Å². The predicted octanol–water partition coefficient (Wildman–Crippen LogP) is 2.66. The van der Waals surface area contributed by atoms with E-state index in [2.05, 4.69) is 24.1 Å². The van der Waals surface area contributed by atoms with Gasteiger partial charge in [0.05, 0.1) is 7.11 Å². The summed E-state index contributed by atoms with van der Waals surface area (Å²) in [7, 11) is 1.60. The number of hydrogen-bond acceptors (Lipinski definition) is 5. The van der Waals surface area contributed by atoms with Gasteiger partial charge in [-0.1, -0.05) is 13.8 Å². The highest BCUT2D eigenvalue weighted by Gasteiger charge is 2.21. The van der Waals surface area contributed by atoms with Crippen LogP contribution in [0, 0.1) is 0 Å². The SMILES string of the molecule is COc1cc2c(cc1CNC(=O)[C@H](C)n1ccnc1C(C)C)OCCO2. The minimum absolute atomic E-state index is 0.0816. The molecule has 1 aromatic carbocycles. The molecule has 0 bridgehead atoms. The third-order valence-electron chi connectivity index (χ3n) is 4.41. The van der Waals surface area contributed by atoms with E-state index in [-0.39, 0.29) is 17.9 Å². The first-order valence-electron chi connectivity index (χ1n) is 8.78. The van der Waals surface area contributed by atoms with Crippen LogP contribution in [0.1, 0.15) is 44.1 Å². The van der Waals surface area contributed by atoms with Crippen molar-refractivity contribution in [3.63, 3.8) is 0 Å². The van der Waals surface area contributed by atoms with Gasteiger partial charge in [0.25, 0.3) is 0 Å². The molecule has 140 valence electrons. The number of fused-ring (bicyclic) bond motifs is 1. The number of rotatable bonds is 6. The van der Waals surface area contributed by atoms with Crippen LogP contribution in [-0.4, -0.2) is 35.8 Å². The van der Waals surface area contributed by atoms with Crippen molar-refractivity contribution >= 4 is 5.91 Å². The van der Waals surface area contributed by atoms with Crippen LogP contribution in [0.3, 0.4) is 0 Å². The molecule has 1 aromatic heterocycles. The van der Waals surface area contributed by atoms with Crippen LogP contribution >= 0.6 is 0 Å². The molecule has 0 aliphatic carbocycles. The van der Waals surface area contributed by atoms with Gasteiger partial charge < -0.3 is 24.1 Å². The van der Waals surface area contributed by atoms with Crippen LogP contribution in [0.2, 0.25) is 0 Å². The van der Waals surface area contributed by atoms with E-state index >= 15 is 0 Å². The fourth-order valence-corrected chi connectivity index (χ4v) is 3.00. The zero-order chi connectivity index (χ0) is 18.7. The summed E-state index contributed by atoms with van der Waals surface area (Å²) >= 11 is 0. The number of amides is 1. The van der Waals surface area contributed by atoms with Crippen molar-refractivity contribution in [2.75, 3.05) is 20.3 Å². The molecular formula is C19H25N3O4. The molecule has 2 aromatic rings. The highest BCUT2D eigenvalue weighted by atomic mass is 16.6. The van der Waals surface area contributed by atoms with E-state index in [0.717, 1.165) is 11.4 Å². The van der Waals surface area contributed by atoms with Crippen molar-refractivity contribution in [1.29, 1.82) is 0 Å². The molecule has 0 spiro atoms. The number of carbonyl (C=O) groups is 1. The second-order valence-electron chi connectivity index (χ2n) is 6.55. The monoisotopic (exact) mass is 359 g/mol. The smallest absolute Gasteiger partial charge is 0.243 e. The van der Waals surface area contributed by atoms with Crippen LogP contribution in [-0.2, 0) is 11.3 Å². The largest absolute Gasteiger partial charge is 0.496 e. The first-order valence-corrected chi connectivity index (χ1v) is 8.78. The number of nitrogens with one attached hydrogen (secondary N) is 1. The molecular weight excluding hydrogens is 334 g/mol. The Labute approximate surface area is 153 Å². The van der Waals surface area contributed by atoms with Crippen molar-refractivity contribution in [1.82, 2.24) is 14.9 Å². The maximum atomic E-state index is 12.6. The lowest BCUT2D eigenvalue weighted by atomic mass is 10.1. The van der Waals surface area contributed by atoms with Gasteiger partial charge in [0, 0.05) is 36.5 Å². The molecule has 0 unspecified atom stereocenters. The van der Waals surface area contributed by atoms with Crippen LogP contribution in [0.5, 0.6) is 17.2 Å². The molecule has 0 fully saturated rings. The molecule has 7 heteroatoms. The second kappa shape index (κ2) is 7.68. The first-order chi connectivity index (χ1) is 12.5. The average Bonchev–Trinajstić information content (AvgIpc) is 3.14. The van der Waals surface area contributed by atoms with E-state index < -0.39 is 0 Å². The fourth-order valence-electron chi connectivity index (χ4n) is 3.00. The van der Waals surface area contributed by atoms with E-state index in [1.54, 1.807) is 19.4 Å². The Kier molecular flexibility index (Phi) is 5.35. The number of methoxy groups -OCH3 is 1. The summed E-state index contributed by atoms with van der Waals surface area (Å²) in [6, 6.07) is 3.30. The minimum atomic E-state index is -0.349. The number of carbonyl (C=O) groups excluding carboxylic acids is 1. The summed E-state index contributed by atoms with van der Waals surface area (Å²) in [6.07, 6.45) is 3.56. The average molecular weight is 359 g/mol. The molecule has 7 nitrogen and oxygen atoms in total. The van der Waals surface area contributed by atoms with E-state index in [1.807, 2.05) is 23.8 Å². The molecule has 2 heterocycles. The third kappa shape index (κ3) is 3.61. The fraction of sp³-hybridized carbons (Fsp3) is 0.474. The van der Waals surface area contributed by atoms with Crippen molar-refractivity contribution in [2.24, 2.45) is 0 Å². The Bertz CT molecular complexity index is 785. The van der Waals surface area contributed by atoms with Crippen molar-refractivity contribution < 1.29 is 19.0 Å². The number of imidazole rings is 1. The topological polar surface area (TPSA) is 74.6 Å². The van der Waals surface area contributed by atoms with Crippen molar-refractivity contribution in [3.05, 3.63) is 35.9 Å². The van der Waals surface area contributed by atoms with Crippen molar-refractivity contribution in [3.8, 4) is 17.2 Å². The Morgan fingerprint density at radius 3 is 2.62 bits per heavy atom. The molecule has 1 N–H and O–H groups in total. The number of aromatic nitrogens is 2. The Hall–Kier alpha value is -2.70. The van der Waals surface area contributed by atoms with E-state index in [0.29, 0.717) is 37.0 Å². The Morgan fingerprint density at radius 2 is 1.96 bits per heavy atom. The van der Waals surface area contributed by atoms with Gasteiger partial charge in [0.15, 0.2) is 11.5 Å². The van der Waals surface area contributed by atoms with Gasteiger partial charge in [0.1, 0.15) is 30.8 Å². The number of hydrogen-bond donors (Lipinski definition) is 1. The van der Waals surface area contributed by atoms with Gasteiger partial charge in [-0.15, -0.1) is 0 Å². The molecule has 0 saturated heterocycles. The molecule has 1 amide bonds. The molecule has 1 aliphatic rings. The number of benzene rings is 1. The molecule has 1 atom stereocenters. The van der Waals surface area contributed by atoms with Crippen molar-refractivity contribution in [2.45, 2.75) is 39.3 Å². The van der Waals surface area contributed by atoms with Gasteiger partial charge >= 0.3 is 0 Å². The molecule has 0 saturated carbocycles. The summed E-state index contributed by atoms with van der Waals surface area (Å²) < 4.78 is 18.5. The molecule has 0 radical (unpaired) electrons. The maximum Gasteiger partial charge on any atom is 0.243 e. The standard InChI is InChI=1S/C19H25N3O4/c1-12(2)18-20-5-6-22(18)13(3)19(23)21-11-14-9-16-17(10-15(14)24-4)26-8-7-25-16/h5-6,9-10,12-13H,7-8,11H2,1-4H3,(H,21,23)/t13-/m0/s1. The quantitative estimate of drug-likeness (QED) is 0.858. The minimum Gasteiger partial charge on any atom is -0.496 e. The van der Waals surface area contributed by atoms with Gasteiger partial charge in [-0.25, -0.2) is 4.98 Å². The highest BCUT2D eigenvalue weighted by Crippen LogP contribution is 2.36. The summed E-state index contributed by atoms with van der Waals surface area (Å²) in [6.45, 7) is 7.36. The zero-order valence-corrected chi connectivity index (χ0v) is 15.6. The summed E-state index contributed by atoms with van der Waals surface area (Å²) in [5.74, 6) is 3.06. The summed E-state index contributed by atoms with van der Waals surface area (Å²) in [4.78, 5) is 17.0. The summed E-state index contributed by atoms with van der Waals surface area (Å²) in [5, 5.41) is 2.97. The van der Waals surface area contributed by atoms with Crippen LogP contribution in [0.4, 0.5) is 0 Å². The van der Waals surface area contributed by atoms with E-state index in [1.165, 1.54) is 0 Å². The Balaban J connectivity index is 1.72. The normalized spacial score (nSPS) is 14.2. The maximum absolute atomic E-state index is 12.6. The van der Waals surface area contributed by atoms with Gasteiger partial charge in [0.2, 0.25) is 5.91 Å². The lowest BCUT2D eigenvalue weighted by Crippen LogP contribution is -2.31. The molecule has 1 aliphatic heterocycles. The summed E-state index contributed by atoms with van der Waals surface area (Å²) in [5.41, 5.74) is 0.840. The third-order valence-corrected chi connectivity index (χ3v) is 4.41. The van der Waals surface area contributed by atoms with Crippen LogP contribution < -0.4 is 19.5 Å². The van der Waals surface area contributed by atoms with Gasteiger partial charge in [-0.2, -0.15) is 0 Å². The van der Waals surface area contributed by atoms with Crippen LogP contribution in [0.15, 0.2) is 24.5 Å². The molecule has 3 rings (SSSR count). The molecule has 26 heavy (non-hydrogen) atoms. The first kappa shape index (κ1) is 18.1. The van der Waals surface area contributed by atoms with E-state index in [4.69, 9.17) is 14.2 Å². The Morgan fingerprint density at radius 1 is 1.27 bits per heavy atom. The van der Waals surface area contributed by atoms with Gasteiger partial charge in [-0.05, 0) is 13.0 Å². The highest BCUT2D eigenvalue weighted by molar-refractivity contribution is 5.80. The number of nitrogens with zero attached hydrogens (tertiary/aromatic N) is 2. The lowest BCUT2D eigenvalue weighted by Gasteiger charge is -2.21. The number of ether oxygens (including phenoxy) is 3.